The summed E-state index contributed by atoms with van der Waals surface area (Å²) in [5.74, 6) is 0. The smallest absolute Gasteiger partial charge is 0.211 e. The van der Waals surface area contributed by atoms with Gasteiger partial charge in [-0.05, 0) is 41.0 Å². The van der Waals surface area contributed by atoms with Gasteiger partial charge in [-0.2, -0.15) is 9.40 Å². The molecule has 3 aromatic carbocycles. The third-order valence-corrected chi connectivity index (χ3v) is 10.4. The number of fused-ring (bicyclic) bond motifs is 1. The average Bonchev–Trinajstić information content (AvgIpc) is 3.40. The van der Waals surface area contributed by atoms with Gasteiger partial charge in [-0.25, -0.2) is 8.42 Å². The molecule has 9 nitrogen and oxygen atoms in total. The zero-order chi connectivity index (χ0) is 32.3. The first-order valence-electron chi connectivity index (χ1n) is 15.5. The van der Waals surface area contributed by atoms with Crippen molar-refractivity contribution < 1.29 is 18.3 Å². The number of aliphatic hydroxyl groups excluding tert-OH is 1. The molecule has 0 saturated carbocycles. The Hall–Kier alpha value is -2.80. The van der Waals surface area contributed by atoms with Gasteiger partial charge in [0, 0.05) is 84.7 Å². The number of benzene rings is 3. The molecule has 2 N–H and O–H groups in total. The number of β-amino-alcohol motifs (C(OH)–C–C–N with tert-alkyl or cyclic N) is 1. The number of aliphatic hydroxyl groups is 1. The number of hydrogen-bond donors (Lipinski definition) is 2. The molecule has 1 aromatic heterocycles. The largest absolute Gasteiger partial charge is 0.390 e. The molecule has 0 bridgehead atoms. The normalized spacial score (nSPS) is 16.8. The molecule has 0 spiro atoms. The van der Waals surface area contributed by atoms with E-state index in [0.29, 0.717) is 56.5 Å². The van der Waals surface area contributed by atoms with E-state index in [4.69, 9.17) is 33.0 Å². The maximum absolute atomic E-state index is 12.5. The van der Waals surface area contributed by atoms with Crippen LogP contribution in [0.5, 0.6) is 0 Å². The van der Waals surface area contributed by atoms with Crippen LogP contribution in [0.2, 0.25) is 10.0 Å². The van der Waals surface area contributed by atoms with Crippen molar-refractivity contribution >= 4 is 33.2 Å². The van der Waals surface area contributed by atoms with E-state index < -0.39 is 16.1 Å². The molecule has 3 heterocycles. The number of ether oxygens (including phenoxy) is 1. The van der Waals surface area contributed by atoms with Crippen molar-refractivity contribution in [2.45, 2.75) is 38.7 Å². The lowest BCUT2D eigenvalue weighted by Gasteiger charge is -2.29. The first-order chi connectivity index (χ1) is 22.1. The van der Waals surface area contributed by atoms with Gasteiger partial charge in [0.1, 0.15) is 0 Å². The third kappa shape index (κ3) is 8.00. The van der Waals surface area contributed by atoms with Crippen LogP contribution >= 0.6 is 23.2 Å². The molecule has 2 aliphatic heterocycles. The van der Waals surface area contributed by atoms with Crippen molar-refractivity contribution in [3.8, 4) is 22.4 Å². The van der Waals surface area contributed by atoms with Crippen LogP contribution in [-0.2, 0) is 47.4 Å². The molecule has 1 saturated heterocycles. The van der Waals surface area contributed by atoms with Crippen molar-refractivity contribution in [2.75, 3.05) is 45.6 Å². The van der Waals surface area contributed by atoms with E-state index >= 15 is 0 Å². The van der Waals surface area contributed by atoms with Crippen molar-refractivity contribution in [3.63, 3.8) is 0 Å². The Balaban J connectivity index is 1.23. The predicted octanol–water partition coefficient (Wildman–Crippen LogP) is 4.82. The second-order valence-corrected chi connectivity index (χ2v) is 14.8. The highest BCUT2D eigenvalue weighted by atomic mass is 35.5. The molecular formula is C34H39Cl2N5O4S. The highest BCUT2D eigenvalue weighted by Crippen LogP contribution is 2.36. The van der Waals surface area contributed by atoms with Crippen LogP contribution in [0.1, 0.15) is 22.4 Å². The van der Waals surface area contributed by atoms with Crippen LogP contribution in [0, 0.1) is 0 Å². The summed E-state index contributed by atoms with van der Waals surface area (Å²) in [5.41, 5.74) is 7.54. The first kappa shape index (κ1) is 33.1. The van der Waals surface area contributed by atoms with Gasteiger partial charge in [0.2, 0.25) is 10.0 Å². The quantitative estimate of drug-likeness (QED) is 0.234. The fraction of sp³-hybridized carbons (Fsp3) is 0.382. The summed E-state index contributed by atoms with van der Waals surface area (Å²) in [6, 6.07) is 21.9. The minimum Gasteiger partial charge on any atom is -0.390 e. The molecular weight excluding hydrogens is 645 g/mol. The van der Waals surface area contributed by atoms with E-state index in [-0.39, 0.29) is 6.54 Å². The van der Waals surface area contributed by atoms with Gasteiger partial charge in [0.05, 0.1) is 37.8 Å². The fourth-order valence-electron chi connectivity index (χ4n) is 6.12. The van der Waals surface area contributed by atoms with E-state index in [0.717, 1.165) is 58.2 Å². The zero-order valence-corrected chi connectivity index (χ0v) is 28.2. The Bertz CT molecular complexity index is 1760. The average molecular weight is 685 g/mol. The number of nitrogens with zero attached hydrogens (tertiary/aromatic N) is 4. The Morgan fingerprint density at radius 2 is 1.57 bits per heavy atom. The van der Waals surface area contributed by atoms with E-state index in [1.807, 2.05) is 47.1 Å². The Morgan fingerprint density at radius 3 is 2.24 bits per heavy atom. The van der Waals surface area contributed by atoms with Crippen molar-refractivity contribution in [1.82, 2.24) is 24.3 Å². The van der Waals surface area contributed by atoms with Gasteiger partial charge in [-0.3, -0.25) is 9.58 Å². The van der Waals surface area contributed by atoms with Crippen LogP contribution in [0.25, 0.3) is 22.4 Å². The maximum atomic E-state index is 12.5. The standard InChI is InChI=1S/C34H39Cl2N5O4S/c1-46(43,44)40-13-12-33-31(23-40)34(38-41(33)22-29(42)21-39-14-16-45-17-15-39)27-8-11-32(36)30(18-27)26-6-2-24(3-7-26)19-37-20-25-4-9-28(35)10-5-25/h2-11,18,29,37,42H,12-17,19-23H2,1H3/t29-/m0/s1. The second-order valence-electron chi connectivity index (χ2n) is 12.0. The van der Waals surface area contributed by atoms with Gasteiger partial charge >= 0.3 is 0 Å². The third-order valence-electron chi connectivity index (χ3n) is 8.60. The predicted molar refractivity (Wildman–Crippen MR) is 182 cm³/mol. The Kier molecular flexibility index (Phi) is 10.5. The monoisotopic (exact) mass is 683 g/mol. The summed E-state index contributed by atoms with van der Waals surface area (Å²) in [5, 5.41) is 20.8. The number of nitrogens with one attached hydrogen (secondary N) is 1. The van der Waals surface area contributed by atoms with Crippen LogP contribution in [0.15, 0.2) is 66.7 Å². The lowest BCUT2D eigenvalue weighted by molar-refractivity contribution is 0.0106. The van der Waals surface area contributed by atoms with Gasteiger partial charge in [0.15, 0.2) is 0 Å². The molecule has 244 valence electrons. The summed E-state index contributed by atoms with van der Waals surface area (Å²) in [7, 11) is -3.39. The zero-order valence-electron chi connectivity index (χ0n) is 25.8. The summed E-state index contributed by atoms with van der Waals surface area (Å²) in [6.45, 7) is 5.83. The van der Waals surface area contributed by atoms with E-state index in [1.54, 1.807) is 0 Å². The number of rotatable bonds is 11. The minimum atomic E-state index is -3.39. The highest BCUT2D eigenvalue weighted by molar-refractivity contribution is 7.88. The molecule has 0 unspecified atom stereocenters. The molecule has 2 aliphatic rings. The Labute approximate surface area is 280 Å². The number of hydrogen-bond acceptors (Lipinski definition) is 7. The van der Waals surface area contributed by atoms with E-state index in [1.165, 1.54) is 16.1 Å². The molecule has 0 aliphatic carbocycles. The SMILES string of the molecule is CS(=O)(=O)N1CCc2c(c(-c3ccc(Cl)c(-c4ccc(CNCc5ccc(Cl)cc5)cc4)c3)nn2C[C@@H](O)CN2CCOCC2)C1. The van der Waals surface area contributed by atoms with Crippen molar-refractivity contribution in [3.05, 3.63) is 99.2 Å². The van der Waals surface area contributed by atoms with Crippen molar-refractivity contribution in [2.24, 2.45) is 0 Å². The lowest BCUT2D eigenvalue weighted by atomic mass is 9.97. The maximum Gasteiger partial charge on any atom is 0.211 e. The fourth-order valence-corrected chi connectivity index (χ4v) is 7.26. The van der Waals surface area contributed by atoms with E-state index in [2.05, 4.69) is 34.5 Å². The van der Waals surface area contributed by atoms with Crippen LogP contribution < -0.4 is 5.32 Å². The van der Waals surface area contributed by atoms with Gasteiger partial charge < -0.3 is 15.2 Å². The second kappa shape index (κ2) is 14.5. The van der Waals surface area contributed by atoms with Crippen LogP contribution in [0.4, 0.5) is 0 Å². The summed E-state index contributed by atoms with van der Waals surface area (Å²) < 4.78 is 33.9. The minimum absolute atomic E-state index is 0.235. The molecule has 12 heteroatoms. The molecule has 0 radical (unpaired) electrons. The van der Waals surface area contributed by atoms with Crippen molar-refractivity contribution in [1.29, 1.82) is 0 Å². The molecule has 0 amide bonds. The van der Waals surface area contributed by atoms with E-state index in [9.17, 15) is 13.5 Å². The molecule has 46 heavy (non-hydrogen) atoms. The van der Waals surface area contributed by atoms with Gasteiger partial charge in [-0.1, -0.05) is 65.7 Å². The lowest BCUT2D eigenvalue weighted by Crippen LogP contribution is -2.42. The summed E-state index contributed by atoms with van der Waals surface area (Å²) in [4.78, 5) is 2.20. The van der Waals surface area contributed by atoms with Crippen LogP contribution in [0.3, 0.4) is 0 Å². The molecule has 1 fully saturated rings. The Morgan fingerprint density at radius 1 is 0.913 bits per heavy atom. The first-order valence-corrected chi connectivity index (χ1v) is 18.1. The summed E-state index contributed by atoms with van der Waals surface area (Å²) >= 11 is 12.7. The summed E-state index contributed by atoms with van der Waals surface area (Å²) in [6.07, 6.45) is 1.14. The topological polar surface area (TPSA) is 99.9 Å². The van der Waals surface area contributed by atoms with Gasteiger partial charge in [0.25, 0.3) is 0 Å². The number of morpholine rings is 1. The highest BCUT2D eigenvalue weighted by Gasteiger charge is 2.30. The van der Waals surface area contributed by atoms with Gasteiger partial charge in [-0.15, -0.1) is 0 Å². The molecule has 4 aromatic rings. The van der Waals surface area contributed by atoms with Crippen LogP contribution in [-0.4, -0.2) is 84.3 Å². The number of halogens is 2. The molecule has 6 rings (SSSR count). The number of aromatic nitrogens is 2. The number of sulfonamides is 1. The molecule has 1 atom stereocenters.